The largest absolute Gasteiger partial charge is 0.261 e. The van der Waals surface area contributed by atoms with Gasteiger partial charge in [0.25, 0.3) is 0 Å². The number of aromatic nitrogens is 4. The number of nitrogens with zero attached hydrogens (tertiary/aromatic N) is 4. The summed E-state index contributed by atoms with van der Waals surface area (Å²) in [5.41, 5.74) is 14.9. The zero-order valence-corrected chi connectivity index (χ0v) is 26.0. The Labute approximate surface area is 264 Å². The highest BCUT2D eigenvalue weighted by Gasteiger charge is 2.42. The lowest BCUT2D eigenvalue weighted by atomic mass is 9.75. The van der Waals surface area contributed by atoms with E-state index in [0.717, 1.165) is 45.0 Å². The number of rotatable bonds is 6. The number of pyridine rings is 4. The predicted octanol–water partition coefficient (Wildman–Crippen LogP) is 9.78. The van der Waals surface area contributed by atoms with Gasteiger partial charge in [-0.3, -0.25) is 19.9 Å². The highest BCUT2D eigenvalue weighted by molar-refractivity contribution is 6.29. The number of hydrogen-bond donors (Lipinski definition) is 0. The van der Waals surface area contributed by atoms with Gasteiger partial charge in [-0.25, -0.2) is 0 Å². The third kappa shape index (κ3) is 5.29. The summed E-state index contributed by atoms with van der Waals surface area (Å²) in [6, 6.07) is 38.3. The Kier molecular flexibility index (Phi) is 7.26. The first-order valence-electron chi connectivity index (χ1n) is 15.3. The minimum Gasteiger partial charge on any atom is -0.261 e. The lowest BCUT2D eigenvalue weighted by Gasteiger charge is -2.28. The maximum atomic E-state index is 4.95. The number of allylic oxidation sites excluding steroid dienone is 4. The van der Waals surface area contributed by atoms with Crippen LogP contribution in [0.1, 0.15) is 47.5 Å². The number of benzene rings is 2. The van der Waals surface area contributed by atoms with E-state index in [4.69, 9.17) is 9.97 Å². The van der Waals surface area contributed by atoms with Crippen molar-refractivity contribution in [2.75, 3.05) is 0 Å². The molecule has 6 aromatic rings. The molecule has 0 unspecified atom stereocenters. The second kappa shape index (κ2) is 11.5. The van der Waals surface area contributed by atoms with Crippen LogP contribution >= 0.6 is 0 Å². The molecule has 4 aromatic heterocycles. The molecule has 4 heterocycles. The molecular weight excluding hydrogens is 548 g/mol. The van der Waals surface area contributed by atoms with E-state index in [1.807, 2.05) is 50.8 Å². The molecule has 0 N–H and O–H groups in total. The molecule has 0 saturated heterocycles. The molecular formula is C41H34N4. The SMILES string of the molecule is Cc1ccc(-c2ccc(C3=C(c4ccccc4)C(c4ccccc4)=C(c4ccc(-c5ccc(C)nc5)nc4)C3(C)C)cn2)cn1. The first-order valence-corrected chi connectivity index (χ1v) is 15.3. The Morgan fingerprint density at radius 3 is 1.09 bits per heavy atom. The number of hydrogen-bond acceptors (Lipinski definition) is 4. The van der Waals surface area contributed by atoms with Crippen molar-refractivity contribution in [1.29, 1.82) is 0 Å². The summed E-state index contributed by atoms with van der Waals surface area (Å²) in [5, 5.41) is 0. The van der Waals surface area contributed by atoms with E-state index in [-0.39, 0.29) is 5.41 Å². The second-order valence-electron chi connectivity index (χ2n) is 12.1. The Bertz CT molecular complexity index is 1870. The molecule has 7 rings (SSSR count). The van der Waals surface area contributed by atoms with E-state index >= 15 is 0 Å². The van der Waals surface area contributed by atoms with Crippen molar-refractivity contribution in [3.05, 3.63) is 168 Å². The minimum atomic E-state index is -0.362. The van der Waals surface area contributed by atoms with Gasteiger partial charge in [0.05, 0.1) is 11.4 Å². The van der Waals surface area contributed by atoms with E-state index in [9.17, 15) is 0 Å². The van der Waals surface area contributed by atoms with Crippen LogP contribution < -0.4 is 0 Å². The van der Waals surface area contributed by atoms with Crippen molar-refractivity contribution >= 4 is 22.3 Å². The van der Waals surface area contributed by atoms with Gasteiger partial charge in [0.2, 0.25) is 0 Å². The first-order chi connectivity index (χ1) is 21.9. The zero-order valence-electron chi connectivity index (χ0n) is 26.0. The molecule has 1 aliphatic carbocycles. The Hall–Kier alpha value is -5.48. The van der Waals surface area contributed by atoms with Crippen molar-refractivity contribution in [1.82, 2.24) is 19.9 Å². The maximum Gasteiger partial charge on any atom is 0.0717 e. The Balaban J connectivity index is 1.42. The molecule has 4 heteroatoms. The quantitative estimate of drug-likeness (QED) is 0.196. The summed E-state index contributed by atoms with van der Waals surface area (Å²) < 4.78 is 0. The summed E-state index contributed by atoms with van der Waals surface area (Å²) in [5.74, 6) is 0. The van der Waals surface area contributed by atoms with Crippen LogP contribution in [0.4, 0.5) is 0 Å². The van der Waals surface area contributed by atoms with Gasteiger partial charge in [-0.2, -0.15) is 0 Å². The van der Waals surface area contributed by atoms with Crippen molar-refractivity contribution in [3.8, 4) is 22.5 Å². The molecule has 0 saturated carbocycles. The van der Waals surface area contributed by atoms with Crippen molar-refractivity contribution in [2.45, 2.75) is 27.7 Å². The molecule has 0 atom stereocenters. The maximum absolute atomic E-state index is 4.95. The summed E-state index contributed by atoms with van der Waals surface area (Å²) in [7, 11) is 0. The fraction of sp³-hybridized carbons (Fsp3) is 0.122. The molecule has 4 nitrogen and oxygen atoms in total. The van der Waals surface area contributed by atoms with E-state index in [1.54, 1.807) is 0 Å². The third-order valence-corrected chi connectivity index (χ3v) is 8.64. The molecule has 218 valence electrons. The topological polar surface area (TPSA) is 51.6 Å². The van der Waals surface area contributed by atoms with Gasteiger partial charge in [-0.1, -0.05) is 86.6 Å². The van der Waals surface area contributed by atoms with Crippen LogP contribution in [-0.4, -0.2) is 19.9 Å². The summed E-state index contributed by atoms with van der Waals surface area (Å²) in [4.78, 5) is 18.9. The Morgan fingerprint density at radius 1 is 0.378 bits per heavy atom. The molecule has 45 heavy (non-hydrogen) atoms. The average molecular weight is 583 g/mol. The molecule has 0 spiro atoms. The highest BCUT2D eigenvalue weighted by atomic mass is 14.7. The smallest absolute Gasteiger partial charge is 0.0717 e. The third-order valence-electron chi connectivity index (χ3n) is 8.64. The molecule has 2 aromatic carbocycles. The van der Waals surface area contributed by atoms with E-state index in [1.165, 1.54) is 33.4 Å². The van der Waals surface area contributed by atoms with Gasteiger partial charge in [-0.05, 0) is 94.8 Å². The van der Waals surface area contributed by atoms with Gasteiger partial charge in [0.1, 0.15) is 0 Å². The van der Waals surface area contributed by atoms with Gasteiger partial charge in [0.15, 0.2) is 0 Å². The molecule has 0 bridgehead atoms. The summed E-state index contributed by atoms with van der Waals surface area (Å²) >= 11 is 0. The van der Waals surface area contributed by atoms with Crippen molar-refractivity contribution < 1.29 is 0 Å². The fourth-order valence-electron chi connectivity index (χ4n) is 6.46. The molecule has 0 aliphatic heterocycles. The van der Waals surface area contributed by atoms with Crippen LogP contribution in [0.2, 0.25) is 0 Å². The van der Waals surface area contributed by atoms with Crippen LogP contribution in [-0.2, 0) is 0 Å². The van der Waals surface area contributed by atoms with Gasteiger partial charge in [0, 0.05) is 52.7 Å². The van der Waals surface area contributed by atoms with Crippen LogP contribution in [0, 0.1) is 19.3 Å². The van der Waals surface area contributed by atoms with E-state index in [2.05, 4.69) is 121 Å². The molecule has 0 fully saturated rings. The van der Waals surface area contributed by atoms with Gasteiger partial charge < -0.3 is 0 Å². The lowest BCUT2D eigenvalue weighted by Crippen LogP contribution is -2.14. The highest BCUT2D eigenvalue weighted by Crippen LogP contribution is 2.60. The fourth-order valence-corrected chi connectivity index (χ4v) is 6.46. The van der Waals surface area contributed by atoms with Crippen LogP contribution in [0.25, 0.3) is 44.8 Å². The molecule has 0 amide bonds. The molecule has 0 radical (unpaired) electrons. The lowest BCUT2D eigenvalue weighted by molar-refractivity contribution is 0.682. The average Bonchev–Trinajstić information content (AvgIpc) is 3.33. The number of aryl methyl sites for hydroxylation is 2. The van der Waals surface area contributed by atoms with Crippen molar-refractivity contribution in [2.24, 2.45) is 5.41 Å². The normalized spacial score (nSPS) is 14.2. The van der Waals surface area contributed by atoms with Gasteiger partial charge >= 0.3 is 0 Å². The minimum absolute atomic E-state index is 0.362. The predicted molar refractivity (Wildman–Crippen MR) is 185 cm³/mol. The van der Waals surface area contributed by atoms with Crippen LogP contribution in [0.5, 0.6) is 0 Å². The Morgan fingerprint density at radius 2 is 0.756 bits per heavy atom. The zero-order chi connectivity index (χ0) is 31.0. The second-order valence-corrected chi connectivity index (χ2v) is 12.1. The molecule has 1 aliphatic rings. The van der Waals surface area contributed by atoms with E-state index in [0.29, 0.717) is 0 Å². The standard InChI is InChI=1S/C41H34N4/c1-27-15-17-31(23-42-27)35-21-19-33(25-44-35)39-37(29-11-7-5-8-12-29)38(30-13-9-6-10-14-30)40(41(39,3)4)34-20-22-36(45-26-34)32-18-16-28(2)43-24-32/h5-26H,1-4H3. The van der Waals surface area contributed by atoms with E-state index < -0.39 is 0 Å². The van der Waals surface area contributed by atoms with Crippen LogP contribution in [0.15, 0.2) is 134 Å². The monoisotopic (exact) mass is 582 g/mol. The first kappa shape index (κ1) is 28.3. The van der Waals surface area contributed by atoms with Crippen LogP contribution in [0.3, 0.4) is 0 Å². The summed E-state index contributed by atoms with van der Waals surface area (Å²) in [6.45, 7) is 8.65. The van der Waals surface area contributed by atoms with Gasteiger partial charge in [-0.15, -0.1) is 0 Å². The van der Waals surface area contributed by atoms with Crippen molar-refractivity contribution in [3.63, 3.8) is 0 Å². The summed E-state index contributed by atoms with van der Waals surface area (Å²) in [6.07, 6.45) is 7.82.